The second kappa shape index (κ2) is 7.40. The first-order chi connectivity index (χ1) is 10.1. The van der Waals surface area contributed by atoms with E-state index >= 15 is 0 Å². The van der Waals surface area contributed by atoms with Crippen molar-refractivity contribution in [2.75, 3.05) is 4.90 Å². The summed E-state index contributed by atoms with van der Waals surface area (Å²) in [5.41, 5.74) is -0.178. The van der Waals surface area contributed by atoms with Gasteiger partial charge in [0.05, 0.1) is 5.69 Å². The SMILES string of the molecule is CCCC(C)N(C(=O)CC(C)(C)C)c1ccc(F)c(Cl)c1F. The summed E-state index contributed by atoms with van der Waals surface area (Å²) in [6.45, 7) is 9.70. The summed E-state index contributed by atoms with van der Waals surface area (Å²) in [5.74, 6) is -1.89. The molecule has 0 saturated heterocycles. The molecule has 0 saturated carbocycles. The minimum atomic E-state index is -0.883. The Morgan fingerprint density at radius 2 is 1.91 bits per heavy atom. The summed E-state index contributed by atoms with van der Waals surface area (Å²) in [7, 11) is 0. The average Bonchev–Trinajstić information content (AvgIpc) is 2.37. The Hall–Kier alpha value is -1.16. The van der Waals surface area contributed by atoms with E-state index in [1.54, 1.807) is 0 Å². The fraction of sp³-hybridized carbons (Fsp3) is 0.588. The van der Waals surface area contributed by atoms with Gasteiger partial charge in [-0.1, -0.05) is 45.7 Å². The van der Waals surface area contributed by atoms with Crippen LogP contribution >= 0.6 is 11.6 Å². The molecular formula is C17H24ClF2NO. The highest BCUT2D eigenvalue weighted by atomic mass is 35.5. The van der Waals surface area contributed by atoms with Crippen LogP contribution in [-0.4, -0.2) is 11.9 Å². The molecule has 1 aromatic carbocycles. The van der Waals surface area contributed by atoms with Gasteiger partial charge in [0.15, 0.2) is 5.82 Å². The highest BCUT2D eigenvalue weighted by Gasteiger charge is 2.29. The Labute approximate surface area is 136 Å². The molecule has 0 aliphatic heterocycles. The first-order valence-electron chi connectivity index (χ1n) is 7.54. The van der Waals surface area contributed by atoms with Crippen molar-refractivity contribution < 1.29 is 13.6 Å². The molecule has 1 amide bonds. The minimum absolute atomic E-state index is 0.0431. The third-order valence-electron chi connectivity index (χ3n) is 3.37. The standard InChI is InChI=1S/C17H24ClF2NO/c1-6-7-11(2)21(14(22)10-17(3,4)5)13-9-8-12(19)15(18)16(13)20/h8-9,11H,6-7,10H2,1-5H3. The van der Waals surface area contributed by atoms with Crippen molar-refractivity contribution >= 4 is 23.2 Å². The number of amides is 1. The smallest absolute Gasteiger partial charge is 0.227 e. The number of rotatable bonds is 5. The van der Waals surface area contributed by atoms with E-state index in [-0.39, 0.29) is 29.5 Å². The van der Waals surface area contributed by atoms with Crippen LogP contribution in [0, 0.1) is 17.0 Å². The van der Waals surface area contributed by atoms with Gasteiger partial charge in [-0.2, -0.15) is 0 Å². The summed E-state index contributed by atoms with van der Waals surface area (Å²) in [4.78, 5) is 14.1. The third kappa shape index (κ3) is 4.67. The van der Waals surface area contributed by atoms with Gasteiger partial charge in [0.25, 0.3) is 0 Å². The van der Waals surface area contributed by atoms with Gasteiger partial charge in [-0.05, 0) is 30.9 Å². The van der Waals surface area contributed by atoms with Crippen LogP contribution in [0.4, 0.5) is 14.5 Å². The van der Waals surface area contributed by atoms with Crippen LogP contribution in [0.25, 0.3) is 0 Å². The molecule has 0 aliphatic carbocycles. The molecule has 22 heavy (non-hydrogen) atoms. The summed E-state index contributed by atoms with van der Waals surface area (Å²) in [5, 5.41) is -0.574. The Bertz CT molecular complexity index is 540. The van der Waals surface area contributed by atoms with E-state index in [0.717, 1.165) is 18.9 Å². The van der Waals surface area contributed by atoms with Crippen molar-refractivity contribution in [3.63, 3.8) is 0 Å². The first-order valence-corrected chi connectivity index (χ1v) is 7.91. The number of carbonyl (C=O) groups excluding carboxylic acids is 1. The van der Waals surface area contributed by atoms with Gasteiger partial charge in [-0.3, -0.25) is 4.79 Å². The van der Waals surface area contributed by atoms with Gasteiger partial charge in [-0.15, -0.1) is 0 Å². The monoisotopic (exact) mass is 331 g/mol. The van der Waals surface area contributed by atoms with E-state index < -0.39 is 16.7 Å². The zero-order chi connectivity index (χ0) is 17.1. The molecule has 0 aromatic heterocycles. The van der Waals surface area contributed by atoms with E-state index in [0.29, 0.717) is 0 Å². The number of hydrogen-bond donors (Lipinski definition) is 0. The lowest BCUT2D eigenvalue weighted by atomic mass is 9.91. The number of anilines is 1. The van der Waals surface area contributed by atoms with E-state index in [1.807, 2.05) is 34.6 Å². The van der Waals surface area contributed by atoms with Crippen LogP contribution in [0.15, 0.2) is 12.1 Å². The highest BCUT2D eigenvalue weighted by molar-refractivity contribution is 6.31. The van der Waals surface area contributed by atoms with Gasteiger partial charge >= 0.3 is 0 Å². The van der Waals surface area contributed by atoms with Gasteiger partial charge < -0.3 is 4.90 Å². The molecule has 1 rings (SSSR count). The van der Waals surface area contributed by atoms with E-state index in [1.165, 1.54) is 11.0 Å². The zero-order valence-corrected chi connectivity index (χ0v) is 14.6. The van der Waals surface area contributed by atoms with Gasteiger partial charge in [0.1, 0.15) is 10.8 Å². The van der Waals surface area contributed by atoms with Crippen LogP contribution in [0.5, 0.6) is 0 Å². The Kier molecular flexibility index (Phi) is 6.36. The summed E-state index contributed by atoms with van der Waals surface area (Å²) >= 11 is 5.66. The maximum absolute atomic E-state index is 14.3. The van der Waals surface area contributed by atoms with Crippen LogP contribution in [0.1, 0.15) is 53.9 Å². The lowest BCUT2D eigenvalue weighted by Gasteiger charge is -2.32. The molecule has 0 N–H and O–H groups in total. The van der Waals surface area contributed by atoms with Crippen molar-refractivity contribution in [1.29, 1.82) is 0 Å². The van der Waals surface area contributed by atoms with Crippen molar-refractivity contribution in [3.05, 3.63) is 28.8 Å². The zero-order valence-electron chi connectivity index (χ0n) is 13.8. The van der Waals surface area contributed by atoms with Gasteiger partial charge in [0.2, 0.25) is 5.91 Å². The number of hydrogen-bond acceptors (Lipinski definition) is 1. The molecule has 1 aromatic rings. The van der Waals surface area contributed by atoms with E-state index in [9.17, 15) is 13.6 Å². The Morgan fingerprint density at radius 3 is 2.41 bits per heavy atom. The number of carbonyl (C=O) groups is 1. The van der Waals surface area contributed by atoms with E-state index in [2.05, 4.69) is 0 Å². The first kappa shape index (κ1) is 18.9. The third-order valence-corrected chi connectivity index (χ3v) is 3.72. The van der Waals surface area contributed by atoms with E-state index in [4.69, 9.17) is 11.6 Å². The van der Waals surface area contributed by atoms with Crippen LogP contribution in [0.3, 0.4) is 0 Å². The molecule has 0 heterocycles. The largest absolute Gasteiger partial charge is 0.307 e. The summed E-state index contributed by atoms with van der Waals surface area (Å²) in [6.07, 6.45) is 1.86. The molecule has 0 spiro atoms. The predicted molar refractivity (Wildman–Crippen MR) is 87.3 cm³/mol. The van der Waals surface area contributed by atoms with Crippen LogP contribution in [0.2, 0.25) is 5.02 Å². The van der Waals surface area contributed by atoms with Crippen molar-refractivity contribution in [3.8, 4) is 0 Å². The Morgan fingerprint density at radius 1 is 1.32 bits per heavy atom. The number of halogens is 3. The van der Waals surface area contributed by atoms with Gasteiger partial charge in [0, 0.05) is 12.5 Å². The lowest BCUT2D eigenvalue weighted by molar-refractivity contribution is -0.120. The van der Waals surface area contributed by atoms with Crippen molar-refractivity contribution in [2.24, 2.45) is 5.41 Å². The molecule has 0 aliphatic rings. The molecule has 0 fully saturated rings. The lowest BCUT2D eigenvalue weighted by Crippen LogP contribution is -2.41. The summed E-state index contributed by atoms with van der Waals surface area (Å²) in [6, 6.07) is 2.19. The van der Waals surface area contributed by atoms with Gasteiger partial charge in [-0.25, -0.2) is 8.78 Å². The molecule has 124 valence electrons. The van der Waals surface area contributed by atoms with Crippen LogP contribution < -0.4 is 4.90 Å². The molecular weight excluding hydrogens is 308 g/mol. The fourth-order valence-corrected chi connectivity index (χ4v) is 2.56. The maximum atomic E-state index is 14.3. The molecule has 1 unspecified atom stereocenters. The second-order valence-electron chi connectivity index (χ2n) is 6.83. The number of nitrogens with zero attached hydrogens (tertiary/aromatic N) is 1. The topological polar surface area (TPSA) is 20.3 Å². The number of benzene rings is 1. The molecule has 0 bridgehead atoms. The Balaban J connectivity index is 3.27. The average molecular weight is 332 g/mol. The maximum Gasteiger partial charge on any atom is 0.227 e. The quantitative estimate of drug-likeness (QED) is 0.645. The van der Waals surface area contributed by atoms with Crippen molar-refractivity contribution in [1.82, 2.24) is 0 Å². The second-order valence-corrected chi connectivity index (χ2v) is 7.21. The summed E-state index contributed by atoms with van der Waals surface area (Å²) < 4.78 is 27.7. The van der Waals surface area contributed by atoms with Crippen LogP contribution in [-0.2, 0) is 4.79 Å². The molecule has 0 radical (unpaired) electrons. The molecule has 2 nitrogen and oxygen atoms in total. The minimum Gasteiger partial charge on any atom is -0.307 e. The highest BCUT2D eigenvalue weighted by Crippen LogP contribution is 2.32. The fourth-order valence-electron chi connectivity index (χ4n) is 2.41. The van der Waals surface area contributed by atoms with Crippen molar-refractivity contribution in [2.45, 2.75) is 59.9 Å². The normalized spacial score (nSPS) is 13.1. The predicted octanol–water partition coefficient (Wildman–Crippen LogP) is 5.58. The molecule has 5 heteroatoms. The molecule has 1 atom stereocenters.